The van der Waals surface area contributed by atoms with E-state index in [1.165, 1.54) is 6.42 Å². The summed E-state index contributed by atoms with van der Waals surface area (Å²) in [4.78, 5) is 12.1. The van der Waals surface area contributed by atoms with Gasteiger partial charge in [0, 0.05) is 17.2 Å². The Balaban J connectivity index is 2.05. The van der Waals surface area contributed by atoms with Crippen LogP contribution in [0.4, 0.5) is 0 Å². The lowest BCUT2D eigenvalue weighted by Gasteiger charge is -2.12. The van der Waals surface area contributed by atoms with E-state index in [1.807, 2.05) is 0 Å². The van der Waals surface area contributed by atoms with Crippen molar-refractivity contribution in [3.8, 4) is 11.8 Å². The molecule has 1 aromatic carbocycles. The van der Waals surface area contributed by atoms with Gasteiger partial charge >= 0.3 is 0 Å². The molecule has 0 aromatic heterocycles. The summed E-state index contributed by atoms with van der Waals surface area (Å²) in [5.74, 6) is 5.87. The molecule has 2 N–H and O–H groups in total. The number of halogens is 1. The van der Waals surface area contributed by atoms with Crippen LogP contribution in [-0.4, -0.2) is 23.7 Å². The normalized spacial score (nSPS) is 21.1. The van der Waals surface area contributed by atoms with Gasteiger partial charge in [0.25, 0.3) is 5.91 Å². The average molecular weight is 292 g/mol. The monoisotopic (exact) mass is 291 g/mol. The zero-order valence-corrected chi connectivity index (χ0v) is 12.2. The highest BCUT2D eigenvalue weighted by Gasteiger charge is 2.23. The van der Waals surface area contributed by atoms with Gasteiger partial charge in [0.15, 0.2) is 0 Å². The maximum atomic E-state index is 12.1. The van der Waals surface area contributed by atoms with Gasteiger partial charge < -0.3 is 10.4 Å². The Hall–Kier alpha value is -1.50. The number of carbonyl (C=O) groups is 1. The molecule has 1 saturated carbocycles. The summed E-state index contributed by atoms with van der Waals surface area (Å²) < 4.78 is 0. The van der Waals surface area contributed by atoms with Crippen LogP contribution in [0.1, 0.15) is 42.1 Å². The number of hydrogen-bond donors (Lipinski definition) is 2. The molecule has 0 spiro atoms. The SMILES string of the molecule is CC1CCC(NC(=O)c2ccc(C#CCO)c(Cl)c2)C1. The fourth-order valence-corrected chi connectivity index (χ4v) is 2.73. The molecule has 0 radical (unpaired) electrons. The molecule has 2 atom stereocenters. The van der Waals surface area contributed by atoms with Crippen LogP contribution < -0.4 is 5.32 Å². The molecule has 1 aliphatic carbocycles. The van der Waals surface area contributed by atoms with Gasteiger partial charge in [0.1, 0.15) is 6.61 Å². The van der Waals surface area contributed by atoms with Gasteiger partial charge in [-0.1, -0.05) is 30.4 Å². The van der Waals surface area contributed by atoms with E-state index in [4.69, 9.17) is 16.7 Å². The number of hydrogen-bond acceptors (Lipinski definition) is 2. The first kappa shape index (κ1) is 14.9. The van der Waals surface area contributed by atoms with Crippen molar-refractivity contribution in [1.29, 1.82) is 0 Å². The third-order valence-corrected chi connectivity index (χ3v) is 3.88. The molecule has 2 rings (SSSR count). The molecule has 0 bridgehead atoms. The number of nitrogens with one attached hydrogen (secondary N) is 1. The standard InChI is InChI=1S/C16H18ClNO2/c1-11-4-7-14(9-11)18-16(20)13-6-5-12(3-2-8-19)15(17)10-13/h5-6,10-11,14,19H,4,7-9H2,1H3,(H,18,20). The number of amides is 1. The summed E-state index contributed by atoms with van der Waals surface area (Å²) in [6.07, 6.45) is 3.25. The third-order valence-electron chi connectivity index (χ3n) is 3.56. The minimum Gasteiger partial charge on any atom is -0.384 e. The quantitative estimate of drug-likeness (QED) is 0.823. The van der Waals surface area contributed by atoms with Crippen LogP contribution in [-0.2, 0) is 0 Å². The Kier molecular flexibility index (Phi) is 5.05. The molecule has 2 unspecified atom stereocenters. The third kappa shape index (κ3) is 3.75. The molecule has 106 valence electrons. The number of aliphatic hydroxyl groups is 1. The van der Waals surface area contributed by atoms with Crippen LogP contribution in [0.25, 0.3) is 0 Å². The van der Waals surface area contributed by atoms with E-state index in [0.717, 1.165) is 12.8 Å². The Labute approximate surface area is 124 Å². The van der Waals surface area contributed by atoms with Crippen molar-refractivity contribution < 1.29 is 9.90 Å². The molecule has 1 aromatic rings. The number of benzene rings is 1. The second kappa shape index (κ2) is 6.78. The van der Waals surface area contributed by atoms with Crippen molar-refractivity contribution >= 4 is 17.5 Å². The summed E-state index contributed by atoms with van der Waals surface area (Å²) in [5.41, 5.74) is 1.16. The van der Waals surface area contributed by atoms with Crippen molar-refractivity contribution in [2.24, 2.45) is 5.92 Å². The van der Waals surface area contributed by atoms with Gasteiger partial charge in [-0.25, -0.2) is 0 Å². The molecular weight excluding hydrogens is 274 g/mol. The predicted molar refractivity (Wildman–Crippen MR) is 79.7 cm³/mol. The van der Waals surface area contributed by atoms with Crippen LogP contribution >= 0.6 is 11.6 Å². The average Bonchev–Trinajstić information content (AvgIpc) is 2.82. The first-order valence-electron chi connectivity index (χ1n) is 6.80. The Bertz CT molecular complexity index is 559. The molecule has 3 nitrogen and oxygen atoms in total. The molecule has 0 heterocycles. The van der Waals surface area contributed by atoms with Crippen LogP contribution in [0.3, 0.4) is 0 Å². The first-order valence-corrected chi connectivity index (χ1v) is 7.18. The van der Waals surface area contributed by atoms with Gasteiger partial charge in [-0.3, -0.25) is 4.79 Å². The molecule has 4 heteroatoms. The van der Waals surface area contributed by atoms with Crippen LogP contribution in [0, 0.1) is 17.8 Å². The molecule has 0 saturated heterocycles. The van der Waals surface area contributed by atoms with Gasteiger partial charge in [-0.05, 0) is 43.4 Å². The highest BCUT2D eigenvalue weighted by Crippen LogP contribution is 2.25. The first-order chi connectivity index (χ1) is 9.60. The second-order valence-corrected chi connectivity index (χ2v) is 5.65. The maximum Gasteiger partial charge on any atom is 0.251 e. The van der Waals surface area contributed by atoms with E-state index >= 15 is 0 Å². The van der Waals surface area contributed by atoms with Crippen molar-refractivity contribution in [3.63, 3.8) is 0 Å². The molecule has 1 amide bonds. The second-order valence-electron chi connectivity index (χ2n) is 5.24. The van der Waals surface area contributed by atoms with Crippen LogP contribution in [0.5, 0.6) is 0 Å². The summed E-state index contributed by atoms with van der Waals surface area (Å²) >= 11 is 6.08. The van der Waals surface area contributed by atoms with Crippen molar-refractivity contribution in [2.45, 2.75) is 32.2 Å². The Morgan fingerprint density at radius 1 is 1.50 bits per heavy atom. The van der Waals surface area contributed by atoms with Gasteiger partial charge in [0.05, 0.1) is 5.02 Å². The highest BCUT2D eigenvalue weighted by molar-refractivity contribution is 6.32. The molecule has 1 aliphatic rings. The molecule has 0 aliphatic heterocycles. The van der Waals surface area contributed by atoms with E-state index in [1.54, 1.807) is 18.2 Å². The Morgan fingerprint density at radius 3 is 2.90 bits per heavy atom. The van der Waals surface area contributed by atoms with Gasteiger partial charge in [-0.2, -0.15) is 0 Å². The zero-order valence-electron chi connectivity index (χ0n) is 11.4. The number of rotatable bonds is 2. The fourth-order valence-electron chi connectivity index (χ4n) is 2.50. The molecular formula is C16H18ClNO2. The van der Waals surface area contributed by atoms with Crippen molar-refractivity contribution in [3.05, 3.63) is 34.3 Å². The summed E-state index contributed by atoms with van der Waals surface area (Å²) in [7, 11) is 0. The van der Waals surface area contributed by atoms with E-state index in [0.29, 0.717) is 22.1 Å². The lowest BCUT2D eigenvalue weighted by Crippen LogP contribution is -2.32. The highest BCUT2D eigenvalue weighted by atomic mass is 35.5. The number of carbonyl (C=O) groups excluding carboxylic acids is 1. The maximum absolute atomic E-state index is 12.1. The topological polar surface area (TPSA) is 49.3 Å². The predicted octanol–water partition coefficient (Wildman–Crippen LogP) is 2.60. The summed E-state index contributed by atoms with van der Waals surface area (Å²) in [5, 5.41) is 12.1. The minimum atomic E-state index is -0.210. The van der Waals surface area contributed by atoms with E-state index in [2.05, 4.69) is 24.1 Å². The van der Waals surface area contributed by atoms with E-state index in [9.17, 15) is 4.79 Å². The van der Waals surface area contributed by atoms with Gasteiger partial charge in [0.2, 0.25) is 0 Å². The van der Waals surface area contributed by atoms with Gasteiger partial charge in [-0.15, -0.1) is 0 Å². The van der Waals surface area contributed by atoms with E-state index < -0.39 is 0 Å². The smallest absolute Gasteiger partial charge is 0.251 e. The van der Waals surface area contributed by atoms with E-state index in [-0.39, 0.29) is 18.6 Å². The van der Waals surface area contributed by atoms with Crippen LogP contribution in [0.2, 0.25) is 5.02 Å². The molecule has 20 heavy (non-hydrogen) atoms. The summed E-state index contributed by atoms with van der Waals surface area (Å²) in [6, 6.07) is 5.31. The van der Waals surface area contributed by atoms with Crippen molar-refractivity contribution in [1.82, 2.24) is 5.32 Å². The molecule has 1 fully saturated rings. The lowest BCUT2D eigenvalue weighted by molar-refractivity contribution is 0.0937. The van der Waals surface area contributed by atoms with Crippen molar-refractivity contribution in [2.75, 3.05) is 6.61 Å². The largest absolute Gasteiger partial charge is 0.384 e. The lowest BCUT2D eigenvalue weighted by atomic mass is 10.1. The fraction of sp³-hybridized carbons (Fsp3) is 0.438. The van der Waals surface area contributed by atoms with Crippen LogP contribution in [0.15, 0.2) is 18.2 Å². The summed E-state index contributed by atoms with van der Waals surface area (Å²) in [6.45, 7) is 2.00. The zero-order chi connectivity index (χ0) is 14.5. The minimum absolute atomic E-state index is 0.0901. The Morgan fingerprint density at radius 2 is 2.30 bits per heavy atom. The number of aliphatic hydroxyl groups excluding tert-OH is 1.